The number of benzene rings is 1. The number of sulfonamides is 1. The predicted molar refractivity (Wildman–Crippen MR) is 67.5 cm³/mol. The largest absolute Gasteiger partial charge is 0.330 e. The molecule has 1 unspecified atom stereocenters. The summed E-state index contributed by atoms with van der Waals surface area (Å²) in [7, 11) is -3.41. The Kier molecular flexibility index (Phi) is 4.91. The monoisotopic (exact) mass is 306 g/mol. The van der Waals surface area contributed by atoms with E-state index >= 15 is 0 Å². The fourth-order valence-electron chi connectivity index (χ4n) is 1.03. The summed E-state index contributed by atoms with van der Waals surface area (Å²) in [5, 5.41) is 0. The highest BCUT2D eigenvalue weighted by atomic mass is 79.9. The van der Waals surface area contributed by atoms with Gasteiger partial charge in [0.25, 0.3) is 0 Å². The van der Waals surface area contributed by atoms with Gasteiger partial charge in [-0.05, 0) is 36.7 Å². The van der Waals surface area contributed by atoms with Crippen molar-refractivity contribution in [1.82, 2.24) is 4.72 Å². The Morgan fingerprint density at radius 2 is 1.94 bits per heavy atom. The number of nitrogens with two attached hydrogens (primary N) is 1. The van der Waals surface area contributed by atoms with Crippen molar-refractivity contribution < 1.29 is 8.42 Å². The molecule has 4 nitrogen and oxygen atoms in total. The molecule has 0 aliphatic heterocycles. The summed E-state index contributed by atoms with van der Waals surface area (Å²) >= 11 is 3.25. The van der Waals surface area contributed by atoms with E-state index in [-0.39, 0.29) is 10.8 Å². The van der Waals surface area contributed by atoms with Gasteiger partial charge in [0, 0.05) is 11.0 Å². The Labute approximate surface area is 104 Å². The lowest BCUT2D eigenvalue weighted by atomic mass is 10.2. The van der Waals surface area contributed by atoms with Crippen molar-refractivity contribution in [3.05, 3.63) is 28.7 Å². The van der Waals surface area contributed by atoms with Crippen molar-refractivity contribution in [2.45, 2.75) is 11.8 Å². The Bertz CT molecular complexity index is 431. The van der Waals surface area contributed by atoms with Crippen molar-refractivity contribution in [2.75, 3.05) is 13.1 Å². The van der Waals surface area contributed by atoms with E-state index in [2.05, 4.69) is 20.7 Å². The minimum absolute atomic E-state index is 0.130. The molecule has 0 aliphatic carbocycles. The third-order valence-corrected chi connectivity index (χ3v) is 4.12. The summed E-state index contributed by atoms with van der Waals surface area (Å²) in [5.74, 6) is 0.130. The number of halogens is 1. The minimum atomic E-state index is -3.41. The van der Waals surface area contributed by atoms with Crippen LogP contribution in [0.15, 0.2) is 33.6 Å². The van der Waals surface area contributed by atoms with Gasteiger partial charge in [-0.1, -0.05) is 22.9 Å². The number of nitrogens with one attached hydrogen (secondary N) is 1. The topological polar surface area (TPSA) is 72.2 Å². The standard InChI is InChI=1S/C10H15BrN2O2S/c1-8(6-12)7-13-16(14,15)10-4-2-9(11)3-5-10/h2-5,8,13H,6-7,12H2,1H3. The number of hydrogen-bond donors (Lipinski definition) is 2. The SMILES string of the molecule is CC(CN)CNS(=O)(=O)c1ccc(Br)cc1. The first-order valence-corrected chi connectivity index (χ1v) is 7.18. The van der Waals surface area contributed by atoms with Gasteiger partial charge in [-0.3, -0.25) is 0 Å². The van der Waals surface area contributed by atoms with Crippen molar-refractivity contribution in [3.63, 3.8) is 0 Å². The van der Waals surface area contributed by atoms with Gasteiger partial charge in [0.2, 0.25) is 10.0 Å². The highest BCUT2D eigenvalue weighted by Crippen LogP contribution is 2.14. The summed E-state index contributed by atoms with van der Waals surface area (Å²) in [6.07, 6.45) is 0. The maximum Gasteiger partial charge on any atom is 0.240 e. The summed E-state index contributed by atoms with van der Waals surface area (Å²) < 4.78 is 27.0. The molecule has 1 aromatic rings. The van der Waals surface area contributed by atoms with Crippen LogP contribution in [0.3, 0.4) is 0 Å². The molecule has 0 radical (unpaired) electrons. The van der Waals surface area contributed by atoms with Crippen molar-refractivity contribution in [3.8, 4) is 0 Å². The fourth-order valence-corrected chi connectivity index (χ4v) is 2.46. The van der Waals surface area contributed by atoms with E-state index in [1.807, 2.05) is 6.92 Å². The van der Waals surface area contributed by atoms with Crippen LogP contribution in [-0.2, 0) is 10.0 Å². The molecule has 0 saturated carbocycles. The van der Waals surface area contributed by atoms with Gasteiger partial charge in [0.05, 0.1) is 4.90 Å². The summed E-state index contributed by atoms with van der Waals surface area (Å²) in [6.45, 7) is 2.71. The lowest BCUT2D eigenvalue weighted by Crippen LogP contribution is -2.31. The second-order valence-electron chi connectivity index (χ2n) is 3.65. The van der Waals surface area contributed by atoms with Crippen molar-refractivity contribution in [2.24, 2.45) is 11.7 Å². The van der Waals surface area contributed by atoms with E-state index in [9.17, 15) is 8.42 Å². The summed E-state index contributed by atoms with van der Waals surface area (Å²) in [4.78, 5) is 0.264. The smallest absolute Gasteiger partial charge is 0.240 e. The number of rotatable bonds is 5. The maximum atomic E-state index is 11.8. The zero-order chi connectivity index (χ0) is 12.2. The van der Waals surface area contributed by atoms with Gasteiger partial charge in [-0.2, -0.15) is 0 Å². The third kappa shape index (κ3) is 3.86. The van der Waals surface area contributed by atoms with E-state index in [1.165, 1.54) is 0 Å². The molecule has 0 heterocycles. The van der Waals surface area contributed by atoms with Gasteiger partial charge in [-0.25, -0.2) is 13.1 Å². The van der Waals surface area contributed by atoms with E-state index in [0.717, 1.165) is 4.47 Å². The molecule has 16 heavy (non-hydrogen) atoms. The van der Waals surface area contributed by atoms with Gasteiger partial charge in [0.15, 0.2) is 0 Å². The summed E-state index contributed by atoms with van der Waals surface area (Å²) in [5.41, 5.74) is 5.42. The first-order chi connectivity index (χ1) is 7.45. The molecule has 0 spiro atoms. The quantitative estimate of drug-likeness (QED) is 0.862. The van der Waals surface area contributed by atoms with Crippen LogP contribution in [0.1, 0.15) is 6.92 Å². The summed E-state index contributed by atoms with van der Waals surface area (Å²) in [6, 6.07) is 6.50. The zero-order valence-corrected chi connectivity index (χ0v) is 11.4. The molecule has 1 rings (SSSR count). The molecule has 0 fully saturated rings. The second-order valence-corrected chi connectivity index (χ2v) is 6.33. The lowest BCUT2D eigenvalue weighted by molar-refractivity contribution is 0.545. The van der Waals surface area contributed by atoms with Crippen LogP contribution < -0.4 is 10.5 Å². The Morgan fingerprint density at radius 1 is 1.38 bits per heavy atom. The average molecular weight is 307 g/mol. The van der Waals surface area contributed by atoms with Gasteiger partial charge >= 0.3 is 0 Å². The first-order valence-electron chi connectivity index (χ1n) is 4.91. The molecule has 1 atom stereocenters. The third-order valence-electron chi connectivity index (χ3n) is 2.15. The van der Waals surface area contributed by atoms with Crippen LogP contribution in [-0.4, -0.2) is 21.5 Å². The molecule has 0 saturated heterocycles. The van der Waals surface area contributed by atoms with E-state index in [4.69, 9.17) is 5.73 Å². The molecule has 0 amide bonds. The van der Waals surface area contributed by atoms with Gasteiger partial charge in [-0.15, -0.1) is 0 Å². The Morgan fingerprint density at radius 3 is 2.44 bits per heavy atom. The zero-order valence-electron chi connectivity index (χ0n) is 8.98. The first kappa shape index (κ1) is 13.6. The second kappa shape index (κ2) is 5.77. The van der Waals surface area contributed by atoms with Crippen LogP contribution in [0.2, 0.25) is 0 Å². The van der Waals surface area contributed by atoms with Crippen LogP contribution in [0, 0.1) is 5.92 Å². The minimum Gasteiger partial charge on any atom is -0.330 e. The van der Waals surface area contributed by atoms with Crippen molar-refractivity contribution >= 4 is 26.0 Å². The van der Waals surface area contributed by atoms with Gasteiger partial charge in [0.1, 0.15) is 0 Å². The van der Waals surface area contributed by atoms with Crippen LogP contribution in [0.4, 0.5) is 0 Å². The van der Waals surface area contributed by atoms with Crippen LogP contribution >= 0.6 is 15.9 Å². The van der Waals surface area contributed by atoms with Crippen LogP contribution in [0.5, 0.6) is 0 Å². The molecular weight excluding hydrogens is 292 g/mol. The Hall–Kier alpha value is -0.430. The molecular formula is C10H15BrN2O2S. The maximum absolute atomic E-state index is 11.8. The Balaban J connectivity index is 2.74. The van der Waals surface area contributed by atoms with Gasteiger partial charge < -0.3 is 5.73 Å². The molecule has 1 aromatic carbocycles. The fraction of sp³-hybridized carbons (Fsp3) is 0.400. The molecule has 3 N–H and O–H groups in total. The van der Waals surface area contributed by atoms with Crippen LogP contribution in [0.25, 0.3) is 0 Å². The normalized spacial score (nSPS) is 13.7. The predicted octanol–water partition coefficient (Wildman–Crippen LogP) is 1.32. The molecule has 90 valence electrons. The van der Waals surface area contributed by atoms with E-state index in [1.54, 1.807) is 24.3 Å². The molecule has 0 aliphatic rings. The highest BCUT2D eigenvalue weighted by Gasteiger charge is 2.14. The highest BCUT2D eigenvalue weighted by molar-refractivity contribution is 9.10. The average Bonchev–Trinajstić information content (AvgIpc) is 2.26. The lowest BCUT2D eigenvalue weighted by Gasteiger charge is -2.10. The number of hydrogen-bond acceptors (Lipinski definition) is 3. The molecule has 0 bridgehead atoms. The van der Waals surface area contributed by atoms with Crippen molar-refractivity contribution in [1.29, 1.82) is 0 Å². The van der Waals surface area contributed by atoms with E-state index < -0.39 is 10.0 Å². The molecule has 6 heteroatoms. The molecule has 0 aromatic heterocycles. The van der Waals surface area contributed by atoms with E-state index in [0.29, 0.717) is 13.1 Å².